The van der Waals surface area contributed by atoms with Gasteiger partial charge >= 0.3 is 0 Å². The van der Waals surface area contributed by atoms with Gasteiger partial charge in [-0.05, 0) is 24.3 Å². The summed E-state index contributed by atoms with van der Waals surface area (Å²) in [6.07, 6.45) is 0. The van der Waals surface area contributed by atoms with Crippen LogP contribution in [0.3, 0.4) is 0 Å². The van der Waals surface area contributed by atoms with Gasteiger partial charge in [-0.2, -0.15) is 5.26 Å². The van der Waals surface area contributed by atoms with Crippen molar-refractivity contribution in [2.75, 3.05) is 12.4 Å². The van der Waals surface area contributed by atoms with Crippen molar-refractivity contribution < 1.29 is 8.78 Å². The maximum atomic E-state index is 13.6. The summed E-state index contributed by atoms with van der Waals surface area (Å²) in [5, 5.41) is 11.6. The van der Waals surface area contributed by atoms with Gasteiger partial charge in [0.1, 0.15) is 11.9 Å². The van der Waals surface area contributed by atoms with Gasteiger partial charge in [-0.1, -0.05) is 6.07 Å². The Kier molecular flexibility index (Phi) is 3.20. The number of hydrogen-bond acceptors (Lipinski definition) is 3. The maximum Gasteiger partial charge on any atom is 0.168 e. The van der Waals surface area contributed by atoms with Crippen molar-refractivity contribution in [3.8, 4) is 17.3 Å². The van der Waals surface area contributed by atoms with Crippen LogP contribution >= 0.6 is 0 Å². The second kappa shape index (κ2) is 4.80. The summed E-state index contributed by atoms with van der Waals surface area (Å²) in [6.45, 7) is 0. The van der Waals surface area contributed by atoms with Crippen molar-refractivity contribution in [2.24, 2.45) is 0 Å². The third-order valence-corrected chi connectivity index (χ3v) is 2.48. The van der Waals surface area contributed by atoms with Crippen molar-refractivity contribution in [1.82, 2.24) is 4.98 Å². The topological polar surface area (TPSA) is 48.7 Å². The molecule has 1 heterocycles. The smallest absolute Gasteiger partial charge is 0.168 e. The monoisotopic (exact) mass is 245 g/mol. The number of rotatable bonds is 2. The molecule has 0 atom stereocenters. The van der Waals surface area contributed by atoms with Gasteiger partial charge in [-0.15, -0.1) is 0 Å². The molecule has 0 unspecified atom stereocenters. The third-order valence-electron chi connectivity index (χ3n) is 2.48. The Bertz CT molecular complexity index is 633. The van der Waals surface area contributed by atoms with Crippen LogP contribution in [0.15, 0.2) is 30.3 Å². The summed E-state index contributed by atoms with van der Waals surface area (Å²) in [7, 11) is 1.61. The molecule has 0 radical (unpaired) electrons. The number of halogens is 2. The molecule has 0 saturated heterocycles. The first-order valence-corrected chi connectivity index (χ1v) is 5.20. The van der Waals surface area contributed by atoms with Crippen LogP contribution in [0.1, 0.15) is 5.56 Å². The molecule has 18 heavy (non-hydrogen) atoms. The minimum absolute atomic E-state index is 0.0657. The molecule has 0 aliphatic carbocycles. The van der Waals surface area contributed by atoms with Gasteiger partial charge in [0, 0.05) is 12.6 Å². The van der Waals surface area contributed by atoms with E-state index in [1.807, 2.05) is 6.07 Å². The van der Waals surface area contributed by atoms with Crippen molar-refractivity contribution in [1.29, 1.82) is 5.26 Å². The fraction of sp³-hybridized carbons (Fsp3) is 0.0769. The number of pyridine rings is 1. The first-order valence-electron chi connectivity index (χ1n) is 5.20. The largest absolute Gasteiger partial charge is 0.372 e. The van der Waals surface area contributed by atoms with Crippen LogP contribution in [-0.4, -0.2) is 12.0 Å². The molecule has 5 heteroatoms. The molecule has 1 N–H and O–H groups in total. The molecular formula is C13H9F2N3. The zero-order chi connectivity index (χ0) is 13.1. The van der Waals surface area contributed by atoms with E-state index in [-0.39, 0.29) is 11.3 Å². The zero-order valence-corrected chi connectivity index (χ0v) is 9.54. The van der Waals surface area contributed by atoms with Crippen LogP contribution in [0.5, 0.6) is 0 Å². The molecule has 0 bridgehead atoms. The van der Waals surface area contributed by atoms with Gasteiger partial charge in [0.2, 0.25) is 0 Å². The van der Waals surface area contributed by atoms with Gasteiger partial charge in [-0.3, -0.25) is 0 Å². The molecule has 0 saturated carbocycles. The van der Waals surface area contributed by atoms with E-state index in [1.54, 1.807) is 7.05 Å². The fourth-order valence-electron chi connectivity index (χ4n) is 1.59. The Morgan fingerprint density at radius 3 is 2.67 bits per heavy atom. The summed E-state index contributed by atoms with van der Waals surface area (Å²) < 4.78 is 26.7. The average molecular weight is 245 g/mol. The van der Waals surface area contributed by atoms with Gasteiger partial charge in [-0.25, -0.2) is 13.8 Å². The van der Waals surface area contributed by atoms with Gasteiger partial charge in [0.05, 0.1) is 11.3 Å². The quantitative estimate of drug-likeness (QED) is 0.884. The highest BCUT2D eigenvalue weighted by atomic mass is 19.2. The Balaban J connectivity index is 2.59. The Labute approximate surface area is 103 Å². The highest BCUT2D eigenvalue weighted by Gasteiger charge is 2.12. The second-order valence-electron chi connectivity index (χ2n) is 3.56. The van der Waals surface area contributed by atoms with Crippen molar-refractivity contribution >= 4 is 5.82 Å². The summed E-state index contributed by atoms with van der Waals surface area (Å²) in [5.41, 5.74) is 0.685. The standard InChI is InChI=1S/C13H9F2N3/c1-17-13-8(7-16)5-6-11(18-13)9-3-2-4-10(14)12(9)15/h2-6H,1H3,(H,17,18). The number of nitrogens with zero attached hydrogens (tertiary/aromatic N) is 2. The number of anilines is 1. The summed E-state index contributed by atoms with van der Waals surface area (Å²) in [4.78, 5) is 4.09. The minimum Gasteiger partial charge on any atom is -0.372 e. The van der Waals surface area contributed by atoms with Gasteiger partial charge in [0.25, 0.3) is 0 Å². The fourth-order valence-corrected chi connectivity index (χ4v) is 1.59. The van der Waals surface area contributed by atoms with Crippen LogP contribution < -0.4 is 5.32 Å². The van der Waals surface area contributed by atoms with E-state index in [0.717, 1.165) is 6.07 Å². The molecule has 2 aromatic rings. The molecule has 1 aromatic carbocycles. The van der Waals surface area contributed by atoms with E-state index in [1.165, 1.54) is 24.3 Å². The van der Waals surface area contributed by atoms with E-state index in [0.29, 0.717) is 11.4 Å². The van der Waals surface area contributed by atoms with E-state index in [4.69, 9.17) is 5.26 Å². The second-order valence-corrected chi connectivity index (χ2v) is 3.56. The molecule has 0 amide bonds. The zero-order valence-electron chi connectivity index (χ0n) is 9.54. The van der Waals surface area contributed by atoms with Gasteiger partial charge in [0.15, 0.2) is 11.6 Å². The SMILES string of the molecule is CNc1nc(-c2cccc(F)c2F)ccc1C#N. The first-order chi connectivity index (χ1) is 8.67. The van der Waals surface area contributed by atoms with Crippen molar-refractivity contribution in [3.05, 3.63) is 47.5 Å². The van der Waals surface area contributed by atoms with E-state index in [2.05, 4.69) is 10.3 Å². The summed E-state index contributed by atoms with van der Waals surface area (Å²) in [5.74, 6) is -1.54. The van der Waals surface area contributed by atoms with Crippen LogP contribution in [0.4, 0.5) is 14.6 Å². The van der Waals surface area contributed by atoms with Crippen LogP contribution in [0, 0.1) is 23.0 Å². The highest BCUT2D eigenvalue weighted by Crippen LogP contribution is 2.25. The van der Waals surface area contributed by atoms with Crippen molar-refractivity contribution in [2.45, 2.75) is 0 Å². The number of benzene rings is 1. The Hall–Kier alpha value is -2.48. The molecule has 3 nitrogen and oxygen atoms in total. The lowest BCUT2D eigenvalue weighted by Crippen LogP contribution is -1.99. The Morgan fingerprint density at radius 1 is 1.22 bits per heavy atom. The highest BCUT2D eigenvalue weighted by molar-refractivity contribution is 5.65. The number of nitrogens with one attached hydrogen (secondary N) is 1. The predicted molar refractivity (Wildman–Crippen MR) is 63.9 cm³/mol. The van der Waals surface area contributed by atoms with Crippen LogP contribution in [0.2, 0.25) is 0 Å². The number of hydrogen-bond donors (Lipinski definition) is 1. The molecular weight excluding hydrogens is 236 g/mol. The first kappa shape index (κ1) is 12.0. The van der Waals surface area contributed by atoms with Crippen LogP contribution in [-0.2, 0) is 0 Å². The van der Waals surface area contributed by atoms with E-state index < -0.39 is 11.6 Å². The Morgan fingerprint density at radius 2 is 2.00 bits per heavy atom. The molecule has 90 valence electrons. The predicted octanol–water partition coefficient (Wildman–Crippen LogP) is 2.94. The van der Waals surface area contributed by atoms with Gasteiger partial charge < -0.3 is 5.32 Å². The van der Waals surface area contributed by atoms with E-state index >= 15 is 0 Å². The molecule has 0 fully saturated rings. The number of nitriles is 1. The maximum absolute atomic E-state index is 13.6. The minimum atomic E-state index is -0.947. The van der Waals surface area contributed by atoms with E-state index in [9.17, 15) is 8.78 Å². The summed E-state index contributed by atoms with van der Waals surface area (Å²) in [6, 6.07) is 8.84. The lowest BCUT2D eigenvalue weighted by atomic mass is 10.1. The molecule has 0 spiro atoms. The van der Waals surface area contributed by atoms with Crippen molar-refractivity contribution in [3.63, 3.8) is 0 Å². The molecule has 1 aromatic heterocycles. The van der Waals surface area contributed by atoms with Crippen LogP contribution in [0.25, 0.3) is 11.3 Å². The molecule has 0 aliphatic heterocycles. The molecule has 2 rings (SSSR count). The third kappa shape index (κ3) is 2.00. The lowest BCUT2D eigenvalue weighted by molar-refractivity contribution is 0.511. The normalized spacial score (nSPS) is 9.89. The summed E-state index contributed by atoms with van der Waals surface area (Å²) >= 11 is 0. The average Bonchev–Trinajstić information content (AvgIpc) is 2.41. The number of aromatic nitrogens is 1. The molecule has 0 aliphatic rings. The lowest BCUT2D eigenvalue weighted by Gasteiger charge is -2.07.